The lowest BCUT2D eigenvalue weighted by Crippen LogP contribution is -2.69. The van der Waals surface area contributed by atoms with Gasteiger partial charge in [0.15, 0.2) is 30.9 Å². The van der Waals surface area contributed by atoms with Crippen molar-refractivity contribution in [1.82, 2.24) is 0 Å². The second-order valence-electron chi connectivity index (χ2n) is 24.9. The Bertz CT molecular complexity index is 1990. The topological polar surface area (TPSA) is 361 Å². The molecule has 0 bridgehead atoms. The molecular formula is C53H86O24. The Kier molecular flexibility index (Phi) is 17.5. The van der Waals surface area contributed by atoms with Crippen LogP contribution < -0.4 is 0 Å². The zero-order valence-corrected chi connectivity index (χ0v) is 44.6. The lowest BCUT2D eigenvalue weighted by Gasteiger charge is -2.61. The summed E-state index contributed by atoms with van der Waals surface area (Å²) in [5.41, 5.74) is 0.248. The monoisotopic (exact) mass is 1110 g/mol. The van der Waals surface area contributed by atoms with Gasteiger partial charge in [-0.25, -0.2) is 0 Å². The predicted octanol–water partition coefficient (Wildman–Crippen LogP) is -2.34. The predicted molar refractivity (Wildman–Crippen MR) is 258 cm³/mol. The molecule has 10 aliphatic rings. The van der Waals surface area contributed by atoms with E-state index in [2.05, 4.69) is 27.7 Å². The molecule has 4 aliphatic carbocycles. The minimum atomic E-state index is -2.06. The summed E-state index contributed by atoms with van der Waals surface area (Å²) in [6.45, 7) is 8.20. The molecule has 1 spiro atoms. The maximum Gasteiger partial charge on any atom is 0.302 e. The maximum absolute atomic E-state index is 12.1. The molecule has 4 saturated carbocycles. The van der Waals surface area contributed by atoms with Gasteiger partial charge < -0.3 is 113 Å². The molecule has 10 fully saturated rings. The van der Waals surface area contributed by atoms with Crippen LogP contribution in [0.2, 0.25) is 0 Å². The Labute approximate surface area is 448 Å². The van der Waals surface area contributed by atoms with E-state index in [1.807, 2.05) is 0 Å². The Morgan fingerprint density at radius 2 is 1.12 bits per heavy atom. The zero-order valence-electron chi connectivity index (χ0n) is 44.6. The summed E-state index contributed by atoms with van der Waals surface area (Å²) in [5, 5.41) is 131. The van der Waals surface area contributed by atoms with Gasteiger partial charge in [0.25, 0.3) is 0 Å². The molecule has 32 atom stereocenters. The van der Waals surface area contributed by atoms with Crippen LogP contribution in [-0.4, -0.2) is 241 Å². The van der Waals surface area contributed by atoms with Crippen LogP contribution in [-0.2, 0) is 56.9 Å². The first kappa shape index (κ1) is 58.8. The van der Waals surface area contributed by atoms with E-state index in [1.165, 1.54) is 0 Å². The van der Waals surface area contributed by atoms with E-state index in [0.717, 1.165) is 64.9 Å². The highest BCUT2D eigenvalue weighted by Crippen LogP contribution is 2.71. The molecule has 0 radical (unpaired) electrons. The van der Waals surface area contributed by atoms with Gasteiger partial charge in [0, 0.05) is 19.3 Å². The first-order valence-electron chi connectivity index (χ1n) is 28.2. The third kappa shape index (κ3) is 10.5. The molecule has 0 aromatic rings. The number of aliphatic hydroxyl groups is 12. The number of hydrogen-bond donors (Lipinski definition) is 12. The molecule has 6 aliphatic heterocycles. The number of carbonyl (C=O) groups is 1. The van der Waals surface area contributed by atoms with Crippen LogP contribution in [0.1, 0.15) is 98.8 Å². The lowest BCUT2D eigenvalue weighted by molar-refractivity contribution is -0.406. The third-order valence-electron chi connectivity index (χ3n) is 20.7. The minimum Gasteiger partial charge on any atom is -0.463 e. The lowest BCUT2D eigenvalue weighted by atomic mass is 9.44. The van der Waals surface area contributed by atoms with E-state index in [-0.39, 0.29) is 23.0 Å². The fourth-order valence-electron chi connectivity index (χ4n) is 16.3. The molecule has 24 heteroatoms. The quantitative estimate of drug-likeness (QED) is 0.0679. The number of rotatable bonds is 13. The van der Waals surface area contributed by atoms with Crippen molar-refractivity contribution in [2.45, 2.75) is 240 Å². The van der Waals surface area contributed by atoms with E-state index in [4.69, 9.17) is 52.1 Å². The van der Waals surface area contributed by atoms with Crippen LogP contribution in [0.25, 0.3) is 0 Å². The van der Waals surface area contributed by atoms with Crippen LogP contribution in [0, 0.1) is 52.3 Å². The highest BCUT2D eigenvalue weighted by molar-refractivity contribution is 5.65. The van der Waals surface area contributed by atoms with Crippen molar-refractivity contribution in [3.05, 3.63) is 0 Å². The number of fused-ring (bicyclic) bond motifs is 7. The molecular weight excluding hydrogens is 1020 g/mol. The summed E-state index contributed by atoms with van der Waals surface area (Å²) in [6.07, 6.45) is -26.6. The van der Waals surface area contributed by atoms with Crippen LogP contribution in [0.15, 0.2) is 0 Å². The summed E-state index contributed by atoms with van der Waals surface area (Å²) in [6, 6.07) is 0. The second kappa shape index (κ2) is 23.0. The number of esters is 1. The van der Waals surface area contributed by atoms with Gasteiger partial charge in [0.2, 0.25) is 0 Å². The van der Waals surface area contributed by atoms with Crippen molar-refractivity contribution in [1.29, 1.82) is 0 Å². The second-order valence-corrected chi connectivity index (χ2v) is 24.9. The van der Waals surface area contributed by atoms with Crippen LogP contribution in [0.3, 0.4) is 0 Å². The van der Waals surface area contributed by atoms with Crippen molar-refractivity contribution >= 4 is 5.97 Å². The van der Waals surface area contributed by atoms with Gasteiger partial charge in [-0.15, -0.1) is 0 Å². The molecule has 10 rings (SSSR count). The van der Waals surface area contributed by atoms with Crippen molar-refractivity contribution in [2.75, 3.05) is 33.0 Å². The fraction of sp³-hybridized carbons (Fsp3) is 0.981. The van der Waals surface area contributed by atoms with Crippen LogP contribution >= 0.6 is 0 Å². The fourth-order valence-corrected chi connectivity index (χ4v) is 16.3. The van der Waals surface area contributed by atoms with Crippen molar-refractivity contribution < 1.29 is 118 Å². The van der Waals surface area contributed by atoms with Crippen LogP contribution in [0.5, 0.6) is 0 Å². The van der Waals surface area contributed by atoms with Crippen molar-refractivity contribution in [3.63, 3.8) is 0 Å². The Balaban J connectivity index is 0.837. The molecule has 6 heterocycles. The third-order valence-corrected chi connectivity index (χ3v) is 20.7. The van der Waals surface area contributed by atoms with E-state index in [0.29, 0.717) is 54.3 Å². The van der Waals surface area contributed by atoms with Gasteiger partial charge in [0.05, 0.1) is 38.6 Å². The molecule has 0 aromatic carbocycles. The molecule has 12 N–H and O–H groups in total. The molecule has 6 saturated heterocycles. The summed E-state index contributed by atoms with van der Waals surface area (Å²) >= 11 is 0. The molecule has 442 valence electrons. The standard InChI is InChI=1S/C53H86O24/c1-21-8-13-53(68-19-21)22(2)34-29(77-53)15-28-26-7-6-24-14-25(9-11-51(24,4)27(26)10-12-52(28,34)5)69-47-43(66)40(63)44(32(18-56)72-47)74-50-46(76-49-42(65)39(62)36(59)31(17-55)71-49)45(37(60)33(73-50)20-67-23(3)57)75-48-41(64)38(61)35(58)30(16-54)70-48/h21-22,24-50,54-56,58-66H,6-20H2,1-5H3. The van der Waals surface area contributed by atoms with Gasteiger partial charge in [0.1, 0.15) is 104 Å². The first-order chi connectivity index (χ1) is 36.6. The maximum atomic E-state index is 12.1. The Morgan fingerprint density at radius 1 is 0.545 bits per heavy atom. The molecule has 32 unspecified atom stereocenters. The smallest absolute Gasteiger partial charge is 0.302 e. The van der Waals surface area contributed by atoms with E-state index in [1.54, 1.807) is 0 Å². The number of aliphatic hydroxyl groups excluding tert-OH is 12. The highest BCUT2D eigenvalue weighted by Gasteiger charge is 2.69. The van der Waals surface area contributed by atoms with Gasteiger partial charge >= 0.3 is 5.97 Å². The first-order valence-corrected chi connectivity index (χ1v) is 28.2. The van der Waals surface area contributed by atoms with Gasteiger partial charge in [-0.3, -0.25) is 4.79 Å². The normalized spacial score (nSPS) is 55.7. The van der Waals surface area contributed by atoms with Gasteiger partial charge in [-0.05, 0) is 104 Å². The SMILES string of the molecule is CC(=O)OCC1OC(OC2C(CO)OC(OC3CCC4(C)C(CCC5C4CCC4(C)C5CC5OC6(CCC(C)CO6)C(C)C54)C3)C(O)C2O)C(OC2OC(CO)C(O)C(O)C2O)C(OC2OC(CO)C(O)C(O)C2O)C1O. The number of hydrogen-bond acceptors (Lipinski definition) is 24. The summed E-state index contributed by atoms with van der Waals surface area (Å²) in [4.78, 5) is 12.1. The van der Waals surface area contributed by atoms with Crippen molar-refractivity contribution in [2.24, 2.45) is 52.3 Å². The van der Waals surface area contributed by atoms with E-state index >= 15 is 0 Å². The zero-order chi connectivity index (χ0) is 55.2. The number of ether oxygens (including phenoxy) is 11. The van der Waals surface area contributed by atoms with Gasteiger partial charge in [-0.1, -0.05) is 27.7 Å². The highest BCUT2D eigenvalue weighted by atomic mass is 16.8. The largest absolute Gasteiger partial charge is 0.463 e. The molecule has 24 nitrogen and oxygen atoms in total. The van der Waals surface area contributed by atoms with Crippen molar-refractivity contribution in [3.8, 4) is 0 Å². The number of carbonyl (C=O) groups excluding carboxylic acids is 1. The summed E-state index contributed by atoms with van der Waals surface area (Å²) in [5.74, 6) is 2.12. The summed E-state index contributed by atoms with van der Waals surface area (Å²) < 4.78 is 67.3. The molecule has 77 heavy (non-hydrogen) atoms. The minimum absolute atomic E-state index is 0.0652. The Morgan fingerprint density at radius 3 is 1.73 bits per heavy atom. The van der Waals surface area contributed by atoms with Gasteiger partial charge in [-0.2, -0.15) is 0 Å². The molecule has 0 aromatic heterocycles. The van der Waals surface area contributed by atoms with Crippen LogP contribution in [0.4, 0.5) is 0 Å². The summed E-state index contributed by atoms with van der Waals surface area (Å²) in [7, 11) is 0. The Hall–Kier alpha value is -1.41. The van der Waals surface area contributed by atoms with E-state index < -0.39 is 161 Å². The molecule has 0 amide bonds. The van der Waals surface area contributed by atoms with E-state index in [9.17, 15) is 66.1 Å². The average Bonchev–Trinajstić information content (AvgIpc) is 4.11. The average molecular weight is 1110 g/mol.